The molecular weight excluding hydrogens is 227 g/mol. The first-order chi connectivity index (χ1) is 3.71. The topological polar surface area (TPSA) is 74.6 Å². The monoisotopic (exact) mass is 236 g/mol. The standard InChI is InChI=1S/C3H10O4P2.Zn/c1-8(4,5)3-9(2,6)7;/h3H2,1-2H3,(H,4,5)(H,6,7);. The molecule has 0 rings (SSSR count). The molecular formula is C3H10O4P2Zn. The largest absolute Gasteiger partial charge is 0.344 e. The van der Waals surface area contributed by atoms with Gasteiger partial charge in [0, 0.05) is 32.8 Å². The summed E-state index contributed by atoms with van der Waals surface area (Å²) in [5, 5.41) is 0. The van der Waals surface area contributed by atoms with Gasteiger partial charge in [-0.25, -0.2) is 0 Å². The average Bonchev–Trinajstić information content (AvgIpc) is 1.14. The van der Waals surface area contributed by atoms with Crippen molar-refractivity contribution in [2.75, 3.05) is 19.2 Å². The molecule has 4 nitrogen and oxygen atoms in total. The van der Waals surface area contributed by atoms with Crippen LogP contribution in [0.2, 0.25) is 0 Å². The van der Waals surface area contributed by atoms with Crippen molar-refractivity contribution >= 4 is 14.7 Å². The first kappa shape index (κ1) is 13.6. The summed E-state index contributed by atoms with van der Waals surface area (Å²) in [6.07, 6.45) is 0. The van der Waals surface area contributed by atoms with Crippen molar-refractivity contribution in [1.29, 1.82) is 0 Å². The molecule has 0 aliphatic heterocycles. The van der Waals surface area contributed by atoms with E-state index in [9.17, 15) is 9.13 Å². The van der Waals surface area contributed by atoms with E-state index in [1.807, 2.05) is 0 Å². The first-order valence-electron chi connectivity index (χ1n) is 2.29. The van der Waals surface area contributed by atoms with Crippen molar-refractivity contribution in [3.63, 3.8) is 0 Å². The summed E-state index contributed by atoms with van der Waals surface area (Å²) in [4.78, 5) is 17.2. The van der Waals surface area contributed by atoms with E-state index in [4.69, 9.17) is 9.79 Å². The van der Waals surface area contributed by atoms with Crippen molar-refractivity contribution in [2.45, 2.75) is 0 Å². The Bertz CT molecular complexity index is 159. The maximum absolute atomic E-state index is 10.5. The second-order valence-electron chi connectivity index (χ2n) is 2.24. The molecule has 2 unspecified atom stereocenters. The van der Waals surface area contributed by atoms with Crippen LogP contribution in [-0.4, -0.2) is 29.0 Å². The number of hydrogen-bond donors (Lipinski definition) is 2. The van der Waals surface area contributed by atoms with E-state index in [2.05, 4.69) is 0 Å². The number of rotatable bonds is 2. The van der Waals surface area contributed by atoms with E-state index in [0.29, 0.717) is 0 Å². The van der Waals surface area contributed by atoms with E-state index < -0.39 is 20.6 Å². The van der Waals surface area contributed by atoms with Gasteiger partial charge in [0.05, 0.1) is 0 Å². The van der Waals surface area contributed by atoms with Crippen molar-refractivity contribution in [3.05, 3.63) is 0 Å². The van der Waals surface area contributed by atoms with Crippen LogP contribution >= 0.6 is 14.7 Å². The molecule has 0 radical (unpaired) electrons. The molecule has 0 heterocycles. The van der Waals surface area contributed by atoms with Gasteiger partial charge in [0.2, 0.25) is 14.7 Å². The molecule has 0 aliphatic carbocycles. The third-order valence-corrected chi connectivity index (χ3v) is 4.72. The molecule has 0 aromatic heterocycles. The summed E-state index contributed by atoms with van der Waals surface area (Å²) in [5.74, 6) is -0.486. The van der Waals surface area contributed by atoms with Crippen LogP contribution in [0, 0.1) is 0 Å². The Morgan fingerprint density at radius 3 is 1.30 bits per heavy atom. The summed E-state index contributed by atoms with van der Waals surface area (Å²) in [6.45, 7) is 2.14. The second kappa shape index (κ2) is 4.14. The maximum atomic E-state index is 10.5. The van der Waals surface area contributed by atoms with E-state index >= 15 is 0 Å². The van der Waals surface area contributed by atoms with Gasteiger partial charge in [-0.2, -0.15) is 0 Å². The van der Waals surface area contributed by atoms with Crippen molar-refractivity contribution in [3.8, 4) is 0 Å². The van der Waals surface area contributed by atoms with E-state index in [1.54, 1.807) is 0 Å². The third-order valence-electron chi connectivity index (χ3n) is 0.525. The zero-order valence-corrected chi connectivity index (χ0v) is 10.8. The zero-order chi connectivity index (χ0) is 7.71. The molecule has 0 saturated carbocycles. The Labute approximate surface area is 72.7 Å². The molecule has 0 aromatic carbocycles. The average molecular weight is 237 g/mol. The van der Waals surface area contributed by atoms with Crippen LogP contribution in [-0.2, 0) is 28.6 Å². The summed E-state index contributed by atoms with van der Waals surface area (Å²) in [6, 6.07) is 0. The Morgan fingerprint density at radius 2 is 1.30 bits per heavy atom. The molecule has 0 saturated heterocycles. The Balaban J connectivity index is 0. The van der Waals surface area contributed by atoms with E-state index in [1.165, 1.54) is 0 Å². The van der Waals surface area contributed by atoms with Crippen LogP contribution in [0.3, 0.4) is 0 Å². The van der Waals surface area contributed by atoms with Crippen molar-refractivity contribution < 1.29 is 38.4 Å². The molecule has 2 atom stereocenters. The third kappa shape index (κ3) is 11.8. The Morgan fingerprint density at radius 1 is 1.10 bits per heavy atom. The maximum Gasteiger partial charge on any atom is 0.207 e. The van der Waals surface area contributed by atoms with E-state index in [0.717, 1.165) is 13.3 Å². The fourth-order valence-corrected chi connectivity index (χ4v) is 4.38. The first-order valence-corrected chi connectivity index (χ1v) is 6.88. The minimum atomic E-state index is -3.30. The van der Waals surface area contributed by atoms with Gasteiger partial charge in [0.15, 0.2) is 0 Å². The molecule has 0 aromatic rings. The van der Waals surface area contributed by atoms with Gasteiger partial charge in [0.1, 0.15) is 5.90 Å². The van der Waals surface area contributed by atoms with Crippen LogP contribution in [0.25, 0.3) is 0 Å². The SMILES string of the molecule is CP(=O)(O)CP(C)(=O)O.[Zn]. The molecule has 0 bridgehead atoms. The molecule has 0 spiro atoms. The molecule has 0 fully saturated rings. The van der Waals surface area contributed by atoms with Gasteiger partial charge in [0.25, 0.3) is 0 Å². The minimum Gasteiger partial charge on any atom is -0.344 e. The van der Waals surface area contributed by atoms with Crippen LogP contribution in [0.4, 0.5) is 0 Å². The minimum absolute atomic E-state index is 0. The molecule has 0 aliphatic rings. The van der Waals surface area contributed by atoms with Crippen LogP contribution in [0.15, 0.2) is 0 Å². The van der Waals surface area contributed by atoms with E-state index in [-0.39, 0.29) is 19.5 Å². The fraction of sp³-hybridized carbons (Fsp3) is 1.00. The summed E-state index contributed by atoms with van der Waals surface area (Å²) in [5.41, 5.74) is 0. The summed E-state index contributed by atoms with van der Waals surface area (Å²) in [7, 11) is -6.60. The fourth-order valence-electron chi connectivity index (χ4n) is 0.487. The van der Waals surface area contributed by atoms with Gasteiger partial charge < -0.3 is 9.79 Å². The molecule has 2 N–H and O–H groups in total. The van der Waals surface area contributed by atoms with Crippen LogP contribution in [0.5, 0.6) is 0 Å². The predicted octanol–water partition coefficient (Wildman–Crippen LogP) is 0.742. The quantitative estimate of drug-likeness (QED) is 0.549. The second-order valence-corrected chi connectivity index (χ2v) is 7.58. The van der Waals surface area contributed by atoms with Gasteiger partial charge in [-0.3, -0.25) is 9.13 Å². The Kier molecular flexibility index (Phi) is 5.62. The van der Waals surface area contributed by atoms with Crippen LogP contribution < -0.4 is 0 Å². The molecule has 0 amide bonds. The smallest absolute Gasteiger partial charge is 0.207 e. The summed E-state index contributed by atoms with van der Waals surface area (Å²) >= 11 is 0. The number of hydrogen-bond acceptors (Lipinski definition) is 2. The Hall–Kier alpha value is 1.00. The van der Waals surface area contributed by atoms with Crippen LogP contribution in [0.1, 0.15) is 0 Å². The molecule has 7 heteroatoms. The zero-order valence-electron chi connectivity index (χ0n) is 6.02. The van der Waals surface area contributed by atoms with Crippen molar-refractivity contribution in [1.82, 2.24) is 0 Å². The molecule has 10 heavy (non-hydrogen) atoms. The summed E-state index contributed by atoms with van der Waals surface area (Å²) < 4.78 is 20.9. The van der Waals surface area contributed by atoms with Gasteiger partial charge in [-0.15, -0.1) is 0 Å². The van der Waals surface area contributed by atoms with Gasteiger partial charge in [-0.1, -0.05) is 0 Å². The van der Waals surface area contributed by atoms with Crippen molar-refractivity contribution in [2.24, 2.45) is 0 Å². The van der Waals surface area contributed by atoms with Gasteiger partial charge >= 0.3 is 0 Å². The normalized spacial score (nSPS) is 22.0. The molecule has 58 valence electrons. The van der Waals surface area contributed by atoms with Gasteiger partial charge in [-0.05, 0) is 0 Å². The predicted molar refractivity (Wildman–Crippen MR) is 36.4 cm³/mol.